The average Bonchev–Trinajstić information content (AvgIpc) is 3.80. The smallest absolute Gasteiger partial charge is 0.415 e. The van der Waals surface area contributed by atoms with Crippen molar-refractivity contribution in [3.8, 4) is 11.5 Å². The lowest BCUT2D eigenvalue weighted by Crippen LogP contribution is -2.34. The molecule has 12 heteroatoms. The topological polar surface area (TPSA) is 140 Å². The third-order valence-electron chi connectivity index (χ3n) is 9.06. The molecule has 3 aromatic heterocycles. The highest BCUT2D eigenvalue weighted by atomic mass is 16.6. The maximum Gasteiger partial charge on any atom is 0.415 e. The Kier molecular flexibility index (Phi) is 10.8. The van der Waals surface area contributed by atoms with Crippen LogP contribution in [0.4, 0.5) is 10.6 Å². The Bertz CT molecular complexity index is 1870. The number of fused-ring (bicyclic) bond motifs is 1. The number of aliphatic hydroxyl groups is 2. The van der Waals surface area contributed by atoms with E-state index in [-0.39, 0.29) is 5.92 Å². The average molecular weight is 682 g/mol. The molecular formula is C38H47N7O5. The first-order chi connectivity index (χ1) is 24.1. The molecule has 1 aliphatic carbocycles. The van der Waals surface area contributed by atoms with Gasteiger partial charge >= 0.3 is 6.09 Å². The highest BCUT2D eigenvalue weighted by molar-refractivity contribution is 5.97. The third kappa shape index (κ3) is 8.32. The van der Waals surface area contributed by atoms with Gasteiger partial charge in [-0.3, -0.25) is 4.90 Å². The van der Waals surface area contributed by atoms with Crippen molar-refractivity contribution in [2.75, 3.05) is 25.0 Å². The van der Waals surface area contributed by atoms with Crippen LogP contribution in [-0.2, 0) is 24.1 Å². The predicted molar refractivity (Wildman–Crippen MR) is 191 cm³/mol. The van der Waals surface area contributed by atoms with Crippen molar-refractivity contribution >= 4 is 22.9 Å². The van der Waals surface area contributed by atoms with Crippen LogP contribution in [0.2, 0.25) is 0 Å². The number of aliphatic hydroxyl groups excluding tert-OH is 2. The summed E-state index contributed by atoms with van der Waals surface area (Å²) in [6.45, 7) is 7.68. The summed E-state index contributed by atoms with van der Waals surface area (Å²) in [5.74, 6) is 2.83. The number of benzene rings is 2. The van der Waals surface area contributed by atoms with E-state index in [2.05, 4.69) is 37.0 Å². The Labute approximate surface area is 292 Å². The fourth-order valence-electron chi connectivity index (χ4n) is 6.57. The van der Waals surface area contributed by atoms with Gasteiger partial charge < -0.3 is 34.1 Å². The molecule has 5 aromatic rings. The Morgan fingerprint density at radius 1 is 0.960 bits per heavy atom. The number of hydrogen-bond donors (Lipinski definition) is 3. The van der Waals surface area contributed by atoms with E-state index in [1.165, 1.54) is 16.8 Å². The van der Waals surface area contributed by atoms with Gasteiger partial charge in [-0.15, -0.1) is 0 Å². The molecule has 50 heavy (non-hydrogen) atoms. The molecule has 4 atom stereocenters. The largest absolute Gasteiger partial charge is 0.457 e. The zero-order valence-electron chi connectivity index (χ0n) is 29.1. The van der Waals surface area contributed by atoms with E-state index in [0.717, 1.165) is 49.7 Å². The first-order valence-electron chi connectivity index (χ1n) is 17.2. The van der Waals surface area contributed by atoms with E-state index in [9.17, 15) is 15.0 Å². The van der Waals surface area contributed by atoms with Gasteiger partial charge in [0.1, 0.15) is 41.0 Å². The maximum atomic E-state index is 12.8. The van der Waals surface area contributed by atoms with E-state index in [1.807, 2.05) is 86.3 Å². The summed E-state index contributed by atoms with van der Waals surface area (Å²) in [4.78, 5) is 27.5. The summed E-state index contributed by atoms with van der Waals surface area (Å²) < 4.78 is 15.5. The number of hydrogen-bond acceptors (Lipinski definition) is 9. The minimum absolute atomic E-state index is 0.189. The summed E-state index contributed by atoms with van der Waals surface area (Å²) in [5.41, 5.74) is 1.14. The molecule has 2 aromatic carbocycles. The van der Waals surface area contributed by atoms with Crippen molar-refractivity contribution in [1.82, 2.24) is 29.4 Å². The van der Waals surface area contributed by atoms with Gasteiger partial charge in [0, 0.05) is 44.5 Å². The minimum Gasteiger partial charge on any atom is -0.457 e. The van der Waals surface area contributed by atoms with Gasteiger partial charge in [0.15, 0.2) is 5.82 Å². The number of rotatable bonds is 13. The summed E-state index contributed by atoms with van der Waals surface area (Å²) in [7, 11) is 1.61. The van der Waals surface area contributed by atoms with Crippen molar-refractivity contribution in [1.29, 1.82) is 0 Å². The Morgan fingerprint density at radius 2 is 1.76 bits per heavy atom. The molecule has 1 aliphatic rings. The van der Waals surface area contributed by atoms with E-state index < -0.39 is 29.9 Å². The number of amides is 1. The first-order valence-corrected chi connectivity index (χ1v) is 17.2. The molecule has 6 rings (SSSR count). The molecule has 3 heterocycles. The summed E-state index contributed by atoms with van der Waals surface area (Å²) in [6.07, 6.45) is 7.69. The number of aryl methyl sites for hydroxylation is 1. The lowest BCUT2D eigenvalue weighted by molar-refractivity contribution is 0.00381. The molecule has 264 valence electrons. The third-order valence-corrected chi connectivity index (χ3v) is 9.06. The number of anilines is 1. The van der Waals surface area contributed by atoms with Crippen molar-refractivity contribution in [2.45, 2.75) is 76.9 Å². The maximum absolute atomic E-state index is 12.8. The van der Waals surface area contributed by atoms with Crippen LogP contribution in [-0.4, -0.2) is 78.3 Å². The molecule has 1 amide bonds. The van der Waals surface area contributed by atoms with Gasteiger partial charge in [0.25, 0.3) is 0 Å². The second-order valence-electron chi connectivity index (χ2n) is 13.9. The quantitative estimate of drug-likeness (QED) is 0.137. The molecule has 0 spiro atoms. The van der Waals surface area contributed by atoms with Crippen molar-refractivity contribution in [3.63, 3.8) is 0 Å². The summed E-state index contributed by atoms with van der Waals surface area (Å²) >= 11 is 0. The molecule has 0 saturated heterocycles. The number of aromatic nitrogens is 5. The second-order valence-corrected chi connectivity index (χ2v) is 13.9. The van der Waals surface area contributed by atoms with Crippen LogP contribution < -0.4 is 15.0 Å². The van der Waals surface area contributed by atoms with Crippen molar-refractivity contribution < 1.29 is 24.5 Å². The number of carbonyl (C=O) groups is 1. The Balaban J connectivity index is 1.00. The number of para-hydroxylation sites is 1. The monoisotopic (exact) mass is 681 g/mol. The van der Waals surface area contributed by atoms with Crippen LogP contribution in [0, 0.1) is 5.92 Å². The Morgan fingerprint density at radius 3 is 2.56 bits per heavy atom. The Hall–Kier alpha value is -4.78. The lowest BCUT2D eigenvalue weighted by atomic mass is 10.1. The predicted octanol–water partition coefficient (Wildman–Crippen LogP) is 5.54. The fourth-order valence-corrected chi connectivity index (χ4v) is 6.57. The summed E-state index contributed by atoms with van der Waals surface area (Å²) in [5, 5.41) is 26.5. The van der Waals surface area contributed by atoms with Gasteiger partial charge in [0.05, 0.1) is 17.5 Å². The number of nitrogens with zero attached hydrogens (tertiary/aromatic N) is 6. The van der Waals surface area contributed by atoms with Gasteiger partial charge in [0.2, 0.25) is 0 Å². The fraction of sp³-hybridized carbons (Fsp3) is 0.421. The van der Waals surface area contributed by atoms with Crippen LogP contribution in [0.3, 0.4) is 0 Å². The van der Waals surface area contributed by atoms with Crippen molar-refractivity contribution in [3.05, 3.63) is 97.0 Å². The zero-order chi connectivity index (χ0) is 35.3. The normalized spacial score (nSPS) is 19.2. The standard InChI is InChI=1S/C38H47N7O5/c1-38(2,3)50-37(48)43(4)35-30-16-20-45(36(30)42-25-41-35)31-23-27(33(46)34(31)47)24-44-21-19-40-32(44)14-9-17-39-18-15-26-10-8-13-29(22-26)49-28-11-6-5-7-12-28/h5-8,10-13,16,19-22,25,27,31,33-34,39,46-47H,9,14-15,17-18,23-24H2,1-4H3/t27-,31-,33-,34+/m1/s1. The molecule has 0 radical (unpaired) electrons. The molecule has 1 saturated carbocycles. The number of carbonyl (C=O) groups excluding carboxylic acids is 1. The number of nitrogens with one attached hydrogen (secondary N) is 1. The van der Waals surface area contributed by atoms with E-state index in [0.29, 0.717) is 29.8 Å². The number of imidazole rings is 1. The van der Waals surface area contributed by atoms with Gasteiger partial charge in [-0.25, -0.2) is 19.7 Å². The molecule has 3 N–H and O–H groups in total. The zero-order valence-corrected chi connectivity index (χ0v) is 29.1. The van der Waals surface area contributed by atoms with Gasteiger partial charge in [-0.2, -0.15) is 0 Å². The molecular weight excluding hydrogens is 634 g/mol. The highest BCUT2D eigenvalue weighted by Gasteiger charge is 2.43. The van der Waals surface area contributed by atoms with Crippen LogP contribution in [0.25, 0.3) is 11.0 Å². The summed E-state index contributed by atoms with van der Waals surface area (Å²) in [6, 6.07) is 19.4. The SMILES string of the molecule is CN(C(=O)OC(C)(C)C)c1ncnc2c1ccn2[C@@H]1C[C@H](Cn2ccnc2CCCNCCc2cccc(Oc3ccccc3)c2)[C@@H](O)[C@H]1O. The van der Waals surface area contributed by atoms with Crippen LogP contribution in [0.1, 0.15) is 51.0 Å². The molecule has 0 aliphatic heterocycles. The van der Waals surface area contributed by atoms with Crippen LogP contribution in [0.5, 0.6) is 11.5 Å². The van der Waals surface area contributed by atoms with E-state index in [4.69, 9.17) is 9.47 Å². The molecule has 1 fully saturated rings. The van der Waals surface area contributed by atoms with E-state index in [1.54, 1.807) is 13.2 Å². The van der Waals surface area contributed by atoms with E-state index >= 15 is 0 Å². The van der Waals surface area contributed by atoms with Gasteiger partial charge in [-0.05, 0) is 89.0 Å². The van der Waals surface area contributed by atoms with Gasteiger partial charge in [-0.1, -0.05) is 30.3 Å². The first kappa shape index (κ1) is 35.1. The minimum atomic E-state index is -0.987. The highest BCUT2D eigenvalue weighted by Crippen LogP contribution is 2.39. The lowest BCUT2D eigenvalue weighted by Gasteiger charge is -2.24. The second kappa shape index (κ2) is 15.4. The van der Waals surface area contributed by atoms with Crippen LogP contribution >= 0.6 is 0 Å². The number of ether oxygens (including phenoxy) is 2. The molecule has 0 bridgehead atoms. The molecule has 0 unspecified atom stereocenters. The van der Waals surface area contributed by atoms with Crippen LogP contribution in [0.15, 0.2) is 85.6 Å². The molecule has 12 nitrogen and oxygen atoms in total. The van der Waals surface area contributed by atoms with Crippen molar-refractivity contribution in [2.24, 2.45) is 5.92 Å².